The highest BCUT2D eigenvalue weighted by atomic mass is 16.2. The van der Waals surface area contributed by atoms with Gasteiger partial charge >= 0.3 is 0 Å². The third-order valence-electron chi connectivity index (χ3n) is 4.32. The molecule has 134 valence electrons. The minimum absolute atomic E-state index is 0.0237. The van der Waals surface area contributed by atoms with Crippen LogP contribution >= 0.6 is 0 Å². The number of para-hydroxylation sites is 1. The lowest BCUT2D eigenvalue weighted by molar-refractivity contribution is -0.114. The van der Waals surface area contributed by atoms with Crippen LogP contribution in [0.4, 0.5) is 5.69 Å². The molecular weight excluding hydrogens is 340 g/mol. The molecule has 0 saturated carbocycles. The molecule has 27 heavy (non-hydrogen) atoms. The maximum Gasteiger partial charge on any atom is 0.251 e. The van der Waals surface area contributed by atoms with Gasteiger partial charge in [0.2, 0.25) is 0 Å². The Morgan fingerprint density at radius 2 is 2.07 bits per heavy atom. The molecule has 4 rings (SSSR count). The first kappa shape index (κ1) is 16.8. The van der Waals surface area contributed by atoms with Gasteiger partial charge in [-0.1, -0.05) is 18.2 Å². The summed E-state index contributed by atoms with van der Waals surface area (Å²) in [6.45, 7) is 0.548. The molecule has 0 spiro atoms. The molecule has 0 saturated heterocycles. The molecule has 7 nitrogen and oxygen atoms in total. The number of azo groups is 1. The van der Waals surface area contributed by atoms with Gasteiger partial charge in [-0.25, -0.2) is 4.98 Å². The molecule has 3 aromatic rings. The number of amides is 1. The normalized spacial score (nSPS) is 15.8. The molecule has 1 aliphatic heterocycles. The molecule has 3 heterocycles. The maximum absolute atomic E-state index is 12.9. The monoisotopic (exact) mass is 358 g/mol. The van der Waals surface area contributed by atoms with E-state index in [9.17, 15) is 4.79 Å². The molecular formula is C20H18N6O. The smallest absolute Gasteiger partial charge is 0.251 e. The summed E-state index contributed by atoms with van der Waals surface area (Å²) in [5, 5.41) is 15.9. The van der Waals surface area contributed by atoms with Crippen molar-refractivity contribution >= 4 is 28.7 Å². The average Bonchev–Trinajstić information content (AvgIpc) is 3.37. The number of hydrogen-bond acceptors (Lipinski definition) is 5. The van der Waals surface area contributed by atoms with Gasteiger partial charge in [-0.2, -0.15) is 15.3 Å². The lowest BCUT2D eigenvalue weighted by Gasteiger charge is -2.22. The molecule has 1 N–H and O–H groups in total. The van der Waals surface area contributed by atoms with Crippen LogP contribution in [-0.4, -0.2) is 33.7 Å². The fourth-order valence-electron chi connectivity index (χ4n) is 2.93. The second-order valence-corrected chi connectivity index (χ2v) is 6.10. The Morgan fingerprint density at radius 3 is 2.89 bits per heavy atom. The SMILES string of the molecule is O=C(/C=C/c1[nH]nc2ncccc12)N(CCC1C=CN=N1)c1ccccc1. The number of fused-ring (bicyclic) bond motifs is 1. The number of H-pyrrole nitrogens is 1. The van der Waals surface area contributed by atoms with Gasteiger partial charge in [0.05, 0.1) is 11.7 Å². The zero-order valence-electron chi connectivity index (χ0n) is 14.6. The van der Waals surface area contributed by atoms with Crippen molar-refractivity contribution in [2.45, 2.75) is 12.5 Å². The molecule has 1 unspecified atom stereocenters. The Hall–Kier alpha value is -3.61. The fraction of sp³-hybridized carbons (Fsp3) is 0.150. The van der Waals surface area contributed by atoms with Gasteiger partial charge in [-0.15, -0.1) is 0 Å². The fourth-order valence-corrected chi connectivity index (χ4v) is 2.93. The number of nitrogens with zero attached hydrogens (tertiary/aromatic N) is 5. The molecule has 1 atom stereocenters. The van der Waals surface area contributed by atoms with E-state index in [1.807, 2.05) is 48.5 Å². The predicted octanol–water partition coefficient (Wildman–Crippen LogP) is 3.74. The molecule has 0 radical (unpaired) electrons. The lowest BCUT2D eigenvalue weighted by Crippen LogP contribution is -2.31. The number of aromatic amines is 1. The van der Waals surface area contributed by atoms with Crippen LogP contribution in [0.5, 0.6) is 0 Å². The largest absolute Gasteiger partial charge is 0.309 e. The van der Waals surface area contributed by atoms with Crippen LogP contribution in [0.2, 0.25) is 0 Å². The summed E-state index contributed by atoms with van der Waals surface area (Å²) in [6.07, 6.45) is 9.33. The highest BCUT2D eigenvalue weighted by Crippen LogP contribution is 2.18. The standard InChI is InChI=1S/C20H18N6O/c27-19(9-8-18-17-7-4-12-21-20(17)25-24-18)26(16-5-2-1-3-6-16)14-11-15-10-13-22-23-15/h1-10,12-13,15H,11,14H2,(H,21,24,25)/b9-8+. The van der Waals surface area contributed by atoms with Gasteiger partial charge in [0, 0.05) is 36.1 Å². The Bertz CT molecular complexity index is 1010. The van der Waals surface area contributed by atoms with Crippen LogP contribution < -0.4 is 4.90 Å². The van der Waals surface area contributed by atoms with E-state index < -0.39 is 0 Å². The second kappa shape index (κ2) is 7.74. The Kier molecular flexibility index (Phi) is 4.82. The number of hydrogen-bond donors (Lipinski definition) is 1. The van der Waals surface area contributed by atoms with Crippen molar-refractivity contribution in [3.05, 3.63) is 72.7 Å². The first-order valence-corrected chi connectivity index (χ1v) is 8.71. The first-order chi connectivity index (χ1) is 13.3. The molecule has 0 aliphatic carbocycles. The lowest BCUT2D eigenvalue weighted by atomic mass is 10.2. The second-order valence-electron chi connectivity index (χ2n) is 6.10. The van der Waals surface area contributed by atoms with E-state index in [1.165, 1.54) is 0 Å². The average molecular weight is 358 g/mol. The zero-order valence-corrected chi connectivity index (χ0v) is 14.6. The van der Waals surface area contributed by atoms with Crippen molar-refractivity contribution in [1.82, 2.24) is 15.2 Å². The minimum atomic E-state index is -0.105. The summed E-state index contributed by atoms with van der Waals surface area (Å²) in [7, 11) is 0. The summed E-state index contributed by atoms with van der Waals surface area (Å²) in [5.41, 5.74) is 2.23. The Balaban J connectivity index is 1.54. The topological polar surface area (TPSA) is 86.6 Å². The molecule has 7 heteroatoms. The van der Waals surface area contributed by atoms with E-state index >= 15 is 0 Å². The summed E-state index contributed by atoms with van der Waals surface area (Å²) in [4.78, 5) is 18.8. The highest BCUT2D eigenvalue weighted by molar-refractivity contribution is 6.04. The number of benzene rings is 1. The number of aromatic nitrogens is 3. The van der Waals surface area contributed by atoms with Crippen molar-refractivity contribution in [3.63, 3.8) is 0 Å². The third kappa shape index (κ3) is 3.82. The zero-order chi connectivity index (χ0) is 18.5. The number of pyridine rings is 1. The van der Waals surface area contributed by atoms with Gasteiger partial charge in [0.15, 0.2) is 5.65 Å². The van der Waals surface area contributed by atoms with E-state index in [2.05, 4.69) is 25.4 Å². The number of carbonyl (C=O) groups is 1. The molecule has 0 fully saturated rings. The number of nitrogens with one attached hydrogen (secondary N) is 1. The van der Waals surface area contributed by atoms with E-state index in [1.54, 1.807) is 29.4 Å². The predicted molar refractivity (Wildman–Crippen MR) is 104 cm³/mol. The summed E-state index contributed by atoms with van der Waals surface area (Å²) >= 11 is 0. The highest BCUT2D eigenvalue weighted by Gasteiger charge is 2.16. The van der Waals surface area contributed by atoms with Crippen LogP contribution in [-0.2, 0) is 4.79 Å². The quantitative estimate of drug-likeness (QED) is 0.681. The molecule has 1 amide bonds. The number of rotatable bonds is 6. The van der Waals surface area contributed by atoms with Crippen LogP contribution in [0.3, 0.4) is 0 Å². The maximum atomic E-state index is 12.9. The third-order valence-corrected chi connectivity index (χ3v) is 4.32. The molecule has 0 bridgehead atoms. The molecule has 2 aromatic heterocycles. The molecule has 1 aromatic carbocycles. The van der Waals surface area contributed by atoms with Gasteiger partial charge in [0.25, 0.3) is 5.91 Å². The van der Waals surface area contributed by atoms with Crippen LogP contribution in [0.25, 0.3) is 17.1 Å². The van der Waals surface area contributed by atoms with E-state index in [-0.39, 0.29) is 11.9 Å². The minimum Gasteiger partial charge on any atom is -0.309 e. The molecule has 1 aliphatic rings. The Labute approximate surface area is 156 Å². The van der Waals surface area contributed by atoms with Gasteiger partial charge in [-0.05, 0) is 42.8 Å². The number of anilines is 1. The van der Waals surface area contributed by atoms with E-state index in [0.717, 1.165) is 16.8 Å². The van der Waals surface area contributed by atoms with Crippen molar-refractivity contribution in [2.75, 3.05) is 11.4 Å². The van der Waals surface area contributed by atoms with E-state index in [4.69, 9.17) is 0 Å². The van der Waals surface area contributed by atoms with Crippen molar-refractivity contribution in [3.8, 4) is 0 Å². The Morgan fingerprint density at radius 1 is 1.19 bits per heavy atom. The van der Waals surface area contributed by atoms with E-state index in [0.29, 0.717) is 18.6 Å². The number of carbonyl (C=O) groups excluding carboxylic acids is 1. The summed E-state index contributed by atoms with van der Waals surface area (Å²) in [5.74, 6) is -0.105. The van der Waals surface area contributed by atoms with Crippen LogP contribution in [0.1, 0.15) is 12.1 Å². The van der Waals surface area contributed by atoms with Crippen molar-refractivity contribution < 1.29 is 4.79 Å². The summed E-state index contributed by atoms with van der Waals surface area (Å²) < 4.78 is 0. The van der Waals surface area contributed by atoms with Crippen LogP contribution in [0, 0.1) is 0 Å². The van der Waals surface area contributed by atoms with Gasteiger partial charge in [0.1, 0.15) is 0 Å². The first-order valence-electron chi connectivity index (χ1n) is 8.71. The van der Waals surface area contributed by atoms with Gasteiger partial charge in [-0.3, -0.25) is 9.89 Å². The summed E-state index contributed by atoms with van der Waals surface area (Å²) in [6, 6.07) is 13.4. The van der Waals surface area contributed by atoms with Gasteiger partial charge < -0.3 is 4.90 Å². The van der Waals surface area contributed by atoms with Crippen LogP contribution in [0.15, 0.2) is 77.2 Å². The van der Waals surface area contributed by atoms with Crippen molar-refractivity contribution in [2.24, 2.45) is 10.2 Å². The van der Waals surface area contributed by atoms with Crippen molar-refractivity contribution in [1.29, 1.82) is 0 Å².